The summed E-state index contributed by atoms with van der Waals surface area (Å²) in [6.45, 7) is 0. The lowest BCUT2D eigenvalue weighted by Crippen LogP contribution is -2.07. The van der Waals surface area contributed by atoms with Gasteiger partial charge in [-0.25, -0.2) is 0 Å². The number of para-hydroxylation sites is 1. The molecule has 1 aliphatic heterocycles. The molecule has 1 aromatic heterocycles. The lowest BCUT2D eigenvalue weighted by atomic mass is 9.88. The molecule has 1 unspecified atom stereocenters. The smallest absolute Gasteiger partial charge is 0.226 e. The van der Waals surface area contributed by atoms with Crippen molar-refractivity contribution in [2.24, 2.45) is 0 Å². The van der Waals surface area contributed by atoms with Gasteiger partial charge in [-0.15, -0.1) is 0 Å². The van der Waals surface area contributed by atoms with E-state index in [-0.39, 0.29) is 5.92 Å². The van der Waals surface area contributed by atoms with E-state index in [0.717, 1.165) is 34.1 Å². The molecule has 3 aromatic carbocycles. The van der Waals surface area contributed by atoms with E-state index in [1.165, 1.54) is 5.56 Å². The Morgan fingerprint density at radius 2 is 1.55 bits per heavy atom. The highest BCUT2D eigenvalue weighted by molar-refractivity contribution is 5.70. The molecular weight excluding hydrogens is 360 g/mol. The number of ether oxygens (including phenoxy) is 2. The van der Waals surface area contributed by atoms with Crippen LogP contribution in [0.1, 0.15) is 17.0 Å². The molecule has 29 heavy (non-hydrogen) atoms. The van der Waals surface area contributed by atoms with E-state index < -0.39 is 0 Å². The Morgan fingerprint density at radius 3 is 2.24 bits per heavy atom. The standard InChI is InChI=1S/C25H20N2O2/c1-28-21-14-12-19(13-15-21)24-23-22(18-8-4-2-5-9-18)16-17-29-25(23)27(26-24)20-10-6-3-7-11-20/h2-17,22H,1H3. The molecule has 0 N–H and O–H groups in total. The van der Waals surface area contributed by atoms with E-state index in [9.17, 15) is 0 Å². The number of rotatable bonds is 4. The molecule has 0 saturated heterocycles. The third kappa shape index (κ3) is 3.09. The fourth-order valence-electron chi connectivity index (χ4n) is 3.73. The predicted molar refractivity (Wildman–Crippen MR) is 114 cm³/mol. The number of hydrogen-bond acceptors (Lipinski definition) is 3. The molecule has 1 aliphatic rings. The molecule has 0 spiro atoms. The molecule has 0 amide bonds. The minimum atomic E-state index is 0.0644. The minimum Gasteiger partial charge on any atom is -0.497 e. The molecule has 0 fully saturated rings. The molecule has 142 valence electrons. The van der Waals surface area contributed by atoms with Crippen molar-refractivity contribution in [1.82, 2.24) is 9.78 Å². The summed E-state index contributed by atoms with van der Waals surface area (Å²) in [5.41, 5.74) is 5.16. The number of fused-ring (bicyclic) bond motifs is 1. The average Bonchev–Trinajstić information content (AvgIpc) is 3.20. The zero-order valence-electron chi connectivity index (χ0n) is 16.0. The topological polar surface area (TPSA) is 36.3 Å². The number of nitrogens with zero attached hydrogens (tertiary/aromatic N) is 2. The average molecular weight is 380 g/mol. The van der Waals surface area contributed by atoms with Gasteiger partial charge in [-0.3, -0.25) is 0 Å². The maximum absolute atomic E-state index is 6.00. The first-order valence-electron chi connectivity index (χ1n) is 9.56. The van der Waals surface area contributed by atoms with Gasteiger partial charge in [-0.05, 0) is 48.0 Å². The first kappa shape index (κ1) is 17.3. The summed E-state index contributed by atoms with van der Waals surface area (Å²) in [6.07, 6.45) is 3.85. The van der Waals surface area contributed by atoms with Gasteiger partial charge in [0.25, 0.3) is 0 Å². The summed E-state index contributed by atoms with van der Waals surface area (Å²) in [6, 6.07) is 28.5. The fraction of sp³-hybridized carbons (Fsp3) is 0.0800. The Kier molecular flexibility index (Phi) is 4.37. The highest BCUT2D eigenvalue weighted by atomic mass is 16.5. The zero-order chi connectivity index (χ0) is 19.6. The van der Waals surface area contributed by atoms with Gasteiger partial charge < -0.3 is 9.47 Å². The second-order valence-electron chi connectivity index (χ2n) is 6.88. The second-order valence-corrected chi connectivity index (χ2v) is 6.88. The van der Waals surface area contributed by atoms with E-state index in [4.69, 9.17) is 14.6 Å². The SMILES string of the molecule is COc1ccc(-c2nn(-c3ccccc3)c3c2C(c2ccccc2)C=CO3)cc1. The highest BCUT2D eigenvalue weighted by Gasteiger charge is 2.30. The van der Waals surface area contributed by atoms with Crippen molar-refractivity contribution in [2.75, 3.05) is 7.11 Å². The van der Waals surface area contributed by atoms with Crippen LogP contribution in [0, 0.1) is 0 Å². The van der Waals surface area contributed by atoms with Gasteiger partial charge in [0.15, 0.2) is 0 Å². The van der Waals surface area contributed by atoms with E-state index in [2.05, 4.69) is 30.3 Å². The molecule has 0 bridgehead atoms. The summed E-state index contributed by atoms with van der Waals surface area (Å²) < 4.78 is 13.2. The molecule has 4 heteroatoms. The van der Waals surface area contributed by atoms with Crippen LogP contribution in [-0.2, 0) is 0 Å². The van der Waals surface area contributed by atoms with Crippen molar-refractivity contribution in [2.45, 2.75) is 5.92 Å². The number of allylic oxidation sites excluding steroid dienone is 1. The van der Waals surface area contributed by atoms with Crippen LogP contribution in [0.2, 0.25) is 0 Å². The van der Waals surface area contributed by atoms with Gasteiger partial charge in [-0.1, -0.05) is 48.5 Å². The maximum Gasteiger partial charge on any atom is 0.226 e. The van der Waals surface area contributed by atoms with Crippen molar-refractivity contribution in [1.29, 1.82) is 0 Å². The summed E-state index contributed by atoms with van der Waals surface area (Å²) in [4.78, 5) is 0. The van der Waals surface area contributed by atoms with E-state index in [0.29, 0.717) is 0 Å². The van der Waals surface area contributed by atoms with Gasteiger partial charge in [0.2, 0.25) is 5.88 Å². The third-order valence-corrected chi connectivity index (χ3v) is 5.16. The van der Waals surface area contributed by atoms with Gasteiger partial charge in [0.1, 0.15) is 11.4 Å². The van der Waals surface area contributed by atoms with Crippen LogP contribution in [0.25, 0.3) is 16.9 Å². The zero-order valence-corrected chi connectivity index (χ0v) is 16.0. The van der Waals surface area contributed by atoms with Crippen molar-refractivity contribution in [3.63, 3.8) is 0 Å². The number of hydrogen-bond donors (Lipinski definition) is 0. The Hall–Kier alpha value is -3.79. The second kappa shape index (κ2) is 7.32. The molecular formula is C25H20N2O2. The minimum absolute atomic E-state index is 0.0644. The van der Waals surface area contributed by atoms with Crippen LogP contribution >= 0.6 is 0 Å². The van der Waals surface area contributed by atoms with Gasteiger partial charge in [0, 0.05) is 11.5 Å². The van der Waals surface area contributed by atoms with Crippen molar-refractivity contribution >= 4 is 0 Å². The van der Waals surface area contributed by atoms with Gasteiger partial charge >= 0.3 is 0 Å². The number of methoxy groups -OCH3 is 1. The Labute approximate surface area is 169 Å². The highest BCUT2D eigenvalue weighted by Crippen LogP contribution is 2.43. The van der Waals surface area contributed by atoms with Crippen LogP contribution in [0.15, 0.2) is 97.3 Å². The number of benzene rings is 3. The van der Waals surface area contributed by atoms with Crippen molar-refractivity contribution in [3.05, 3.63) is 108 Å². The first-order valence-corrected chi connectivity index (χ1v) is 9.56. The summed E-state index contributed by atoms with van der Waals surface area (Å²) >= 11 is 0. The molecule has 4 aromatic rings. The molecule has 2 heterocycles. The summed E-state index contributed by atoms with van der Waals surface area (Å²) in [5, 5.41) is 4.97. The molecule has 0 aliphatic carbocycles. The molecule has 0 saturated carbocycles. The van der Waals surface area contributed by atoms with Crippen LogP contribution < -0.4 is 9.47 Å². The van der Waals surface area contributed by atoms with E-state index >= 15 is 0 Å². The third-order valence-electron chi connectivity index (χ3n) is 5.16. The predicted octanol–water partition coefficient (Wildman–Crippen LogP) is 5.59. The summed E-state index contributed by atoms with van der Waals surface area (Å²) in [5.74, 6) is 1.63. The number of aromatic nitrogens is 2. The molecule has 5 rings (SSSR count). The van der Waals surface area contributed by atoms with Crippen LogP contribution in [0.5, 0.6) is 11.6 Å². The van der Waals surface area contributed by atoms with Crippen LogP contribution in [0.4, 0.5) is 0 Å². The van der Waals surface area contributed by atoms with Crippen LogP contribution in [0.3, 0.4) is 0 Å². The first-order chi connectivity index (χ1) is 14.3. The Balaban J connectivity index is 1.73. The largest absolute Gasteiger partial charge is 0.497 e. The van der Waals surface area contributed by atoms with Gasteiger partial charge in [-0.2, -0.15) is 9.78 Å². The maximum atomic E-state index is 6.00. The molecule has 4 nitrogen and oxygen atoms in total. The normalized spacial score (nSPS) is 14.9. The van der Waals surface area contributed by atoms with Crippen molar-refractivity contribution in [3.8, 4) is 28.6 Å². The monoisotopic (exact) mass is 380 g/mol. The quantitative estimate of drug-likeness (QED) is 0.463. The Morgan fingerprint density at radius 1 is 0.862 bits per heavy atom. The lowest BCUT2D eigenvalue weighted by molar-refractivity contribution is 0.415. The van der Waals surface area contributed by atoms with E-state index in [1.807, 2.05) is 65.3 Å². The van der Waals surface area contributed by atoms with Crippen LogP contribution in [-0.4, -0.2) is 16.9 Å². The summed E-state index contributed by atoms with van der Waals surface area (Å²) in [7, 11) is 1.67. The fourth-order valence-corrected chi connectivity index (χ4v) is 3.73. The molecule has 1 atom stereocenters. The van der Waals surface area contributed by atoms with E-state index in [1.54, 1.807) is 13.4 Å². The van der Waals surface area contributed by atoms with Crippen molar-refractivity contribution < 1.29 is 9.47 Å². The van der Waals surface area contributed by atoms with Gasteiger partial charge in [0.05, 0.1) is 24.6 Å². The Bertz CT molecular complexity index is 1150. The molecule has 0 radical (unpaired) electrons. The lowest BCUT2D eigenvalue weighted by Gasteiger charge is -2.20.